The van der Waals surface area contributed by atoms with Gasteiger partial charge in [-0.1, -0.05) is 53.7 Å². The van der Waals surface area contributed by atoms with Crippen LogP contribution in [-0.4, -0.2) is 22.8 Å². The Morgan fingerprint density at radius 2 is 1.77 bits per heavy atom. The third kappa shape index (κ3) is 2.62. The summed E-state index contributed by atoms with van der Waals surface area (Å²) < 4.78 is 6.88. The molecular weight excluding hydrogens is 384 g/mol. The highest BCUT2D eigenvalue weighted by molar-refractivity contribution is 6.06. The van der Waals surface area contributed by atoms with Gasteiger partial charge in [0.15, 0.2) is 11.6 Å². The number of rotatable bonds is 4. The number of allylic oxidation sites excluding steroid dienone is 3. The van der Waals surface area contributed by atoms with Gasteiger partial charge in [-0.3, -0.25) is 9.59 Å². The van der Waals surface area contributed by atoms with Gasteiger partial charge in [-0.2, -0.15) is 0 Å². The zero-order valence-corrected chi connectivity index (χ0v) is 20.3. The molecule has 0 N–H and O–H groups in total. The molecule has 0 bridgehead atoms. The Morgan fingerprint density at radius 1 is 1.03 bits per heavy atom. The fraction of sp³-hybridized carbons (Fsp3) is 0.786. The van der Waals surface area contributed by atoms with Gasteiger partial charge >= 0.3 is 0 Å². The van der Waals surface area contributed by atoms with Crippen molar-refractivity contribution in [2.75, 3.05) is 0 Å². The Morgan fingerprint density at radius 3 is 2.48 bits per heavy atom. The van der Waals surface area contributed by atoms with Crippen LogP contribution in [-0.2, 0) is 14.3 Å². The molecule has 3 heteroatoms. The zero-order chi connectivity index (χ0) is 22.4. The lowest BCUT2D eigenvalue weighted by Gasteiger charge is -2.54. The van der Waals surface area contributed by atoms with Crippen LogP contribution < -0.4 is 0 Å². The van der Waals surface area contributed by atoms with Gasteiger partial charge in [0.05, 0.1) is 0 Å². The maximum absolute atomic E-state index is 13.3. The summed E-state index contributed by atoms with van der Waals surface area (Å²) in [5.74, 6) is 3.07. The highest BCUT2D eigenvalue weighted by Crippen LogP contribution is 2.80. The van der Waals surface area contributed by atoms with Gasteiger partial charge < -0.3 is 4.74 Å². The van der Waals surface area contributed by atoms with Gasteiger partial charge in [0, 0.05) is 35.2 Å². The number of hydrogen-bond donors (Lipinski definition) is 0. The van der Waals surface area contributed by atoms with Crippen LogP contribution in [0.4, 0.5) is 0 Å². The molecule has 0 aromatic heterocycles. The maximum atomic E-state index is 13.3. The van der Waals surface area contributed by atoms with Crippen LogP contribution in [0.3, 0.4) is 0 Å². The second-order valence-electron chi connectivity index (χ2n) is 12.4. The van der Waals surface area contributed by atoms with E-state index in [1.54, 1.807) is 6.08 Å². The molecule has 8 atom stereocenters. The van der Waals surface area contributed by atoms with Crippen LogP contribution in [0.15, 0.2) is 23.8 Å². The lowest BCUT2D eigenvalue weighted by atomic mass is 9.46. The van der Waals surface area contributed by atoms with Crippen LogP contribution >= 0.6 is 0 Å². The van der Waals surface area contributed by atoms with Crippen LogP contribution in [0.5, 0.6) is 0 Å². The lowest BCUT2D eigenvalue weighted by molar-refractivity contribution is -0.127. The summed E-state index contributed by atoms with van der Waals surface area (Å²) in [6.07, 6.45) is 13.0. The molecule has 1 aliphatic heterocycles. The maximum Gasteiger partial charge on any atom is 0.162 e. The van der Waals surface area contributed by atoms with Crippen molar-refractivity contribution in [3.05, 3.63) is 23.8 Å². The molecule has 1 heterocycles. The third-order valence-electron chi connectivity index (χ3n) is 10.8. The Labute approximate surface area is 188 Å². The second kappa shape index (κ2) is 6.65. The number of ether oxygens (including phenoxy) is 1. The van der Waals surface area contributed by atoms with Crippen LogP contribution in [0.1, 0.15) is 86.5 Å². The molecule has 4 aliphatic carbocycles. The van der Waals surface area contributed by atoms with Crippen LogP contribution in [0.25, 0.3) is 0 Å². The van der Waals surface area contributed by atoms with Crippen molar-refractivity contribution in [3.8, 4) is 0 Å². The first-order chi connectivity index (χ1) is 14.5. The van der Waals surface area contributed by atoms with Crippen molar-refractivity contribution in [2.45, 2.75) is 97.7 Å². The quantitative estimate of drug-likeness (QED) is 0.406. The summed E-state index contributed by atoms with van der Waals surface area (Å²) in [6, 6.07) is 0. The molecule has 5 aliphatic rings. The molecule has 1 saturated heterocycles. The van der Waals surface area contributed by atoms with Crippen LogP contribution in [0, 0.1) is 40.4 Å². The van der Waals surface area contributed by atoms with E-state index in [0.29, 0.717) is 42.4 Å². The summed E-state index contributed by atoms with van der Waals surface area (Å²) in [6.45, 7) is 14.0. The predicted octanol–water partition coefficient (Wildman–Crippen LogP) is 6.07. The number of fused-ring (bicyclic) bond motifs is 2. The number of carbonyl (C=O) groups is 2. The van der Waals surface area contributed by atoms with Crippen molar-refractivity contribution in [3.63, 3.8) is 0 Å². The van der Waals surface area contributed by atoms with E-state index in [2.05, 4.69) is 53.7 Å². The number of ketones is 2. The molecular formula is C28H40O3. The molecule has 3 saturated carbocycles. The Balaban J connectivity index is 1.46. The normalized spacial score (nSPS) is 48.0. The van der Waals surface area contributed by atoms with E-state index in [4.69, 9.17) is 4.74 Å². The van der Waals surface area contributed by atoms with E-state index in [1.165, 1.54) is 12.8 Å². The first-order valence-electron chi connectivity index (χ1n) is 12.7. The van der Waals surface area contributed by atoms with E-state index >= 15 is 0 Å². The monoisotopic (exact) mass is 424 g/mol. The summed E-state index contributed by atoms with van der Waals surface area (Å²) in [4.78, 5) is 25.4. The SMILES string of the molecule is CC(C)[C@@H](C)/C=C/[C@@H](C)[C@H]1CC[C@]23O[C@@]24CC(=O)C2=CC(=O)CC[C@]2(C)[C@H]4CC[C@]13C. The molecule has 0 radical (unpaired) electrons. The largest absolute Gasteiger partial charge is 0.361 e. The fourth-order valence-corrected chi connectivity index (χ4v) is 8.52. The lowest BCUT2D eigenvalue weighted by Crippen LogP contribution is -2.58. The molecule has 170 valence electrons. The minimum Gasteiger partial charge on any atom is -0.361 e. The van der Waals surface area contributed by atoms with Crippen molar-refractivity contribution in [1.29, 1.82) is 0 Å². The standard InChI is InChI=1S/C28H40O3/c1-17(2)18(3)7-8-19(4)21-10-14-28-26(21,6)13-11-24-25(5)12-9-20(29)15-22(25)23(30)16-27(24,28)31-28/h7-8,15,17-19,21,24H,9-14,16H2,1-6H3/b8-7+/t18-,19+,21+,24+,25-,26+,27+,28+/m0/s1. The zero-order valence-electron chi connectivity index (χ0n) is 20.3. The number of hydrogen-bond acceptors (Lipinski definition) is 3. The van der Waals surface area contributed by atoms with E-state index in [0.717, 1.165) is 24.8 Å². The number of Topliss-reactive ketones (excluding diaryl/α,β-unsaturated/α-hetero) is 1. The summed E-state index contributed by atoms with van der Waals surface area (Å²) >= 11 is 0. The van der Waals surface area contributed by atoms with Gasteiger partial charge in [-0.15, -0.1) is 0 Å². The average Bonchev–Trinajstić information content (AvgIpc) is 3.26. The van der Waals surface area contributed by atoms with Crippen molar-refractivity contribution in [1.82, 2.24) is 0 Å². The molecule has 31 heavy (non-hydrogen) atoms. The topological polar surface area (TPSA) is 46.7 Å². The molecule has 0 amide bonds. The molecule has 0 aromatic rings. The van der Waals surface area contributed by atoms with E-state index < -0.39 is 0 Å². The van der Waals surface area contributed by atoms with Crippen molar-refractivity contribution < 1.29 is 14.3 Å². The molecule has 4 fully saturated rings. The van der Waals surface area contributed by atoms with E-state index in [-0.39, 0.29) is 33.6 Å². The summed E-state index contributed by atoms with van der Waals surface area (Å²) in [7, 11) is 0. The number of epoxide rings is 1. The minimum absolute atomic E-state index is 0.126. The first kappa shape index (κ1) is 21.6. The van der Waals surface area contributed by atoms with E-state index in [9.17, 15) is 9.59 Å². The second-order valence-corrected chi connectivity index (χ2v) is 12.4. The number of carbonyl (C=O) groups excluding carboxylic acids is 2. The third-order valence-corrected chi connectivity index (χ3v) is 10.8. The Hall–Kier alpha value is -1.22. The van der Waals surface area contributed by atoms with Crippen LogP contribution in [0.2, 0.25) is 0 Å². The summed E-state index contributed by atoms with van der Waals surface area (Å²) in [5, 5.41) is 0. The van der Waals surface area contributed by atoms with E-state index in [1.807, 2.05) is 0 Å². The molecule has 2 spiro atoms. The van der Waals surface area contributed by atoms with Gasteiger partial charge in [0.1, 0.15) is 11.2 Å². The molecule has 0 unspecified atom stereocenters. The summed E-state index contributed by atoms with van der Waals surface area (Å²) in [5.41, 5.74) is 0.334. The van der Waals surface area contributed by atoms with Gasteiger partial charge in [-0.25, -0.2) is 0 Å². The van der Waals surface area contributed by atoms with Gasteiger partial charge in [0.25, 0.3) is 0 Å². The fourth-order valence-electron chi connectivity index (χ4n) is 8.52. The Kier molecular flexibility index (Phi) is 4.64. The molecule has 0 aromatic carbocycles. The molecule has 3 nitrogen and oxygen atoms in total. The predicted molar refractivity (Wildman–Crippen MR) is 122 cm³/mol. The Bertz CT molecular complexity index is 883. The van der Waals surface area contributed by atoms with Crippen molar-refractivity contribution in [2.24, 2.45) is 40.4 Å². The highest BCUT2D eigenvalue weighted by Gasteiger charge is 2.86. The highest BCUT2D eigenvalue weighted by atomic mass is 16.6. The van der Waals surface area contributed by atoms with Crippen molar-refractivity contribution >= 4 is 11.6 Å². The molecule has 5 rings (SSSR count). The smallest absolute Gasteiger partial charge is 0.162 e. The average molecular weight is 425 g/mol. The minimum atomic E-state index is -0.285. The van der Waals surface area contributed by atoms with Gasteiger partial charge in [0.2, 0.25) is 0 Å². The first-order valence-corrected chi connectivity index (χ1v) is 12.7. The van der Waals surface area contributed by atoms with Gasteiger partial charge in [-0.05, 0) is 61.9 Å².